The van der Waals surface area contributed by atoms with Crippen molar-refractivity contribution in [2.75, 3.05) is 37.6 Å². The van der Waals surface area contributed by atoms with Crippen LogP contribution in [-0.2, 0) is 21.0 Å². The summed E-state index contributed by atoms with van der Waals surface area (Å²) in [6, 6.07) is 7.90. The fourth-order valence-electron chi connectivity index (χ4n) is 5.69. The van der Waals surface area contributed by atoms with E-state index in [9.17, 15) is 31.2 Å². The lowest BCUT2D eigenvalue weighted by atomic mass is 9.93. The largest absolute Gasteiger partial charge is 0.419 e. The van der Waals surface area contributed by atoms with Crippen LogP contribution >= 0.6 is 0 Å². The van der Waals surface area contributed by atoms with Crippen LogP contribution in [0.2, 0.25) is 0 Å². The number of carbonyl (C=O) groups is 2. The summed E-state index contributed by atoms with van der Waals surface area (Å²) < 4.78 is 68.1. The molecule has 0 N–H and O–H groups in total. The third kappa shape index (κ3) is 5.28. The van der Waals surface area contributed by atoms with Crippen molar-refractivity contribution in [2.24, 2.45) is 0 Å². The lowest BCUT2D eigenvalue weighted by Crippen LogP contribution is -2.56. The number of alkyl halides is 3. The molecule has 0 unspecified atom stereocenters. The summed E-state index contributed by atoms with van der Waals surface area (Å²) in [4.78, 5) is 35.7. The maximum atomic E-state index is 13.8. The van der Waals surface area contributed by atoms with Crippen molar-refractivity contribution in [2.45, 2.75) is 55.3 Å². The van der Waals surface area contributed by atoms with Crippen molar-refractivity contribution in [3.05, 3.63) is 54.2 Å². The van der Waals surface area contributed by atoms with Crippen LogP contribution in [-0.4, -0.2) is 84.3 Å². The zero-order valence-corrected chi connectivity index (χ0v) is 22.1. The van der Waals surface area contributed by atoms with Crippen molar-refractivity contribution in [3.8, 4) is 0 Å². The molecule has 3 heterocycles. The number of rotatable bonds is 5. The molecule has 1 aromatic carbocycles. The second kappa shape index (κ2) is 10.7. The molecule has 9 nitrogen and oxygen atoms in total. The molecule has 2 saturated heterocycles. The van der Waals surface area contributed by atoms with E-state index < -0.39 is 39.7 Å². The molecule has 1 atom stereocenters. The monoisotopic (exact) mass is 565 g/mol. The highest BCUT2D eigenvalue weighted by Gasteiger charge is 2.50. The number of carbonyl (C=O) groups excluding carboxylic acids is 2. The van der Waals surface area contributed by atoms with E-state index in [1.54, 1.807) is 18.2 Å². The molecule has 210 valence electrons. The Kier molecular flexibility index (Phi) is 7.45. The SMILES string of the molecule is O=C([C@@H]1CN(S(=O)(=O)c2ccccc2)C(=O)N1C1CCCCC1)N1CCN(c2ncccc2C(F)(F)F)CC1. The molecule has 39 heavy (non-hydrogen) atoms. The van der Waals surface area contributed by atoms with Crippen molar-refractivity contribution >= 4 is 27.8 Å². The van der Waals surface area contributed by atoms with Crippen LogP contribution in [0.25, 0.3) is 0 Å². The Hall–Kier alpha value is -3.35. The van der Waals surface area contributed by atoms with Crippen molar-refractivity contribution in [3.63, 3.8) is 0 Å². The minimum Gasteiger partial charge on any atom is -0.353 e. The molecule has 13 heteroatoms. The second-order valence-corrected chi connectivity index (χ2v) is 11.9. The van der Waals surface area contributed by atoms with E-state index in [4.69, 9.17) is 0 Å². The van der Waals surface area contributed by atoms with Gasteiger partial charge in [0.1, 0.15) is 11.9 Å². The third-order valence-corrected chi connectivity index (χ3v) is 9.43. The smallest absolute Gasteiger partial charge is 0.353 e. The van der Waals surface area contributed by atoms with Gasteiger partial charge in [-0.2, -0.15) is 13.2 Å². The Morgan fingerprint density at radius 3 is 2.23 bits per heavy atom. The Balaban J connectivity index is 1.36. The molecule has 3 fully saturated rings. The summed E-state index contributed by atoms with van der Waals surface area (Å²) in [5, 5.41) is 0. The predicted octanol–water partition coefficient (Wildman–Crippen LogP) is 3.58. The molecule has 1 aliphatic carbocycles. The number of halogens is 3. The van der Waals surface area contributed by atoms with E-state index in [-0.39, 0.29) is 49.5 Å². The number of benzene rings is 1. The average molecular weight is 566 g/mol. The van der Waals surface area contributed by atoms with Gasteiger partial charge >= 0.3 is 12.2 Å². The first-order valence-electron chi connectivity index (χ1n) is 13.0. The highest BCUT2D eigenvalue weighted by atomic mass is 32.2. The van der Waals surface area contributed by atoms with Gasteiger partial charge in [0.25, 0.3) is 10.0 Å². The molecule has 2 aliphatic heterocycles. The number of hydrogen-bond donors (Lipinski definition) is 0. The number of pyridine rings is 1. The highest BCUT2D eigenvalue weighted by Crippen LogP contribution is 2.36. The zero-order chi connectivity index (χ0) is 27.8. The number of piperazine rings is 1. The summed E-state index contributed by atoms with van der Waals surface area (Å²) in [5.74, 6) is -0.575. The van der Waals surface area contributed by atoms with Gasteiger partial charge in [-0.25, -0.2) is 22.5 Å². The number of hydrogen-bond acceptors (Lipinski definition) is 6. The molecule has 1 saturated carbocycles. The summed E-state index contributed by atoms with van der Waals surface area (Å²) in [5.41, 5.74) is -0.837. The molecule has 0 bridgehead atoms. The van der Waals surface area contributed by atoms with Gasteiger partial charge in [0.05, 0.1) is 17.0 Å². The Labute approximate surface area is 225 Å². The molecular weight excluding hydrogens is 535 g/mol. The number of nitrogens with zero attached hydrogens (tertiary/aromatic N) is 5. The normalized spacial score (nSPS) is 21.5. The quantitative estimate of drug-likeness (QED) is 0.550. The van der Waals surface area contributed by atoms with E-state index in [2.05, 4.69) is 4.98 Å². The minimum atomic E-state index is -4.56. The summed E-state index contributed by atoms with van der Waals surface area (Å²) >= 11 is 0. The maximum Gasteiger partial charge on any atom is 0.419 e. The molecule has 5 rings (SSSR count). The molecule has 3 amide bonds. The van der Waals surface area contributed by atoms with Crippen LogP contribution in [0.15, 0.2) is 53.6 Å². The van der Waals surface area contributed by atoms with Gasteiger partial charge in [0, 0.05) is 38.4 Å². The molecule has 3 aliphatic rings. The first-order valence-corrected chi connectivity index (χ1v) is 14.5. The lowest BCUT2D eigenvalue weighted by molar-refractivity contribution is -0.138. The van der Waals surface area contributed by atoms with Gasteiger partial charge in [-0.1, -0.05) is 37.5 Å². The van der Waals surface area contributed by atoms with Crippen LogP contribution in [0.5, 0.6) is 0 Å². The summed E-state index contributed by atoms with van der Waals surface area (Å²) in [6.45, 7) is 0.205. The number of aromatic nitrogens is 1. The Morgan fingerprint density at radius 2 is 1.59 bits per heavy atom. The van der Waals surface area contributed by atoms with Gasteiger partial charge in [-0.05, 0) is 37.1 Å². The number of amides is 3. The number of sulfonamides is 1. The summed E-state index contributed by atoms with van der Waals surface area (Å²) in [7, 11) is -4.17. The molecule has 0 spiro atoms. The van der Waals surface area contributed by atoms with Crippen LogP contribution in [0.4, 0.5) is 23.8 Å². The summed E-state index contributed by atoms with van der Waals surface area (Å²) in [6.07, 6.45) is 0.880. The standard InChI is InChI=1S/C26H30F3N5O4S/c27-26(28,29)21-12-7-13-30-23(21)31-14-16-32(17-15-31)24(35)22-18-33(39(37,38)20-10-5-2-6-11-20)25(36)34(22)19-8-3-1-4-9-19/h2,5-7,10-13,19,22H,1,3-4,8-9,14-18H2/t22-/m0/s1. The Bertz CT molecular complexity index is 1310. The Morgan fingerprint density at radius 1 is 0.923 bits per heavy atom. The van der Waals surface area contributed by atoms with Gasteiger partial charge < -0.3 is 14.7 Å². The van der Waals surface area contributed by atoms with E-state index in [0.29, 0.717) is 12.8 Å². The van der Waals surface area contributed by atoms with E-state index in [1.807, 2.05) is 0 Å². The van der Waals surface area contributed by atoms with Gasteiger partial charge in [-0.15, -0.1) is 0 Å². The van der Waals surface area contributed by atoms with Crippen LogP contribution < -0.4 is 4.90 Å². The van der Waals surface area contributed by atoms with Crippen molar-refractivity contribution in [1.82, 2.24) is 19.1 Å². The average Bonchev–Trinajstić information content (AvgIpc) is 3.31. The topological polar surface area (TPSA) is 94.1 Å². The van der Waals surface area contributed by atoms with Crippen molar-refractivity contribution < 1.29 is 31.2 Å². The second-order valence-electron chi connectivity index (χ2n) is 10.0. The van der Waals surface area contributed by atoms with Gasteiger partial charge in [-0.3, -0.25) is 4.79 Å². The lowest BCUT2D eigenvalue weighted by Gasteiger charge is -2.39. The minimum absolute atomic E-state index is 0.0283. The van der Waals surface area contributed by atoms with Crippen molar-refractivity contribution in [1.29, 1.82) is 0 Å². The predicted molar refractivity (Wildman–Crippen MR) is 136 cm³/mol. The van der Waals surface area contributed by atoms with E-state index in [1.165, 1.54) is 39.1 Å². The van der Waals surface area contributed by atoms with Crippen LogP contribution in [0, 0.1) is 0 Å². The van der Waals surface area contributed by atoms with Gasteiger partial charge in [0.15, 0.2) is 0 Å². The highest BCUT2D eigenvalue weighted by molar-refractivity contribution is 7.89. The number of anilines is 1. The van der Waals surface area contributed by atoms with E-state index >= 15 is 0 Å². The van der Waals surface area contributed by atoms with Gasteiger partial charge in [0.2, 0.25) is 5.91 Å². The molecule has 2 aromatic rings. The third-order valence-electron chi connectivity index (χ3n) is 7.68. The van der Waals surface area contributed by atoms with Crippen LogP contribution in [0.3, 0.4) is 0 Å². The first-order chi connectivity index (χ1) is 18.6. The fourth-order valence-corrected chi connectivity index (χ4v) is 7.09. The van der Waals surface area contributed by atoms with Crippen LogP contribution in [0.1, 0.15) is 37.7 Å². The molecular formula is C26H30F3N5O4S. The zero-order valence-electron chi connectivity index (χ0n) is 21.3. The molecule has 1 aromatic heterocycles. The first kappa shape index (κ1) is 27.2. The molecule has 0 radical (unpaired) electrons. The van der Waals surface area contributed by atoms with E-state index in [0.717, 1.165) is 29.6 Å². The maximum absolute atomic E-state index is 13.8. The number of urea groups is 1. The fraction of sp³-hybridized carbons (Fsp3) is 0.500.